The molecule has 0 aliphatic heterocycles. The quantitative estimate of drug-likeness (QED) is 0.796. The molecule has 1 rings (SSSR count). The highest BCUT2D eigenvalue weighted by molar-refractivity contribution is 9.09. The third-order valence-electron chi connectivity index (χ3n) is 3.50. The van der Waals surface area contributed by atoms with Crippen molar-refractivity contribution < 1.29 is 13.2 Å². The van der Waals surface area contributed by atoms with Crippen molar-refractivity contribution in [2.24, 2.45) is 5.92 Å². The van der Waals surface area contributed by atoms with Crippen molar-refractivity contribution in [2.75, 3.05) is 12.8 Å². The molecule has 1 fully saturated rings. The van der Waals surface area contributed by atoms with Gasteiger partial charge in [0.15, 0.2) is 9.84 Å². The summed E-state index contributed by atoms with van der Waals surface area (Å²) < 4.78 is 21.6. The normalized spacial score (nSPS) is 25.9. The molecule has 6 heteroatoms. The number of carbonyl (C=O) groups excluding carboxylic acids is 1. The summed E-state index contributed by atoms with van der Waals surface area (Å²) in [6.07, 6.45) is 4.34. The number of hydrogen-bond donors (Lipinski definition) is 1. The molecule has 17 heavy (non-hydrogen) atoms. The zero-order valence-electron chi connectivity index (χ0n) is 10.5. The summed E-state index contributed by atoms with van der Waals surface area (Å²) in [6.45, 7) is 3.46. The van der Waals surface area contributed by atoms with Crippen molar-refractivity contribution >= 4 is 31.7 Å². The van der Waals surface area contributed by atoms with Crippen LogP contribution in [-0.4, -0.2) is 36.7 Å². The molecule has 0 bridgehead atoms. The van der Waals surface area contributed by atoms with E-state index in [9.17, 15) is 13.2 Å². The van der Waals surface area contributed by atoms with E-state index in [-0.39, 0.29) is 0 Å². The van der Waals surface area contributed by atoms with Crippen LogP contribution in [0.1, 0.15) is 33.1 Å². The Labute approximate surface area is 112 Å². The van der Waals surface area contributed by atoms with E-state index >= 15 is 0 Å². The van der Waals surface area contributed by atoms with Gasteiger partial charge in [-0.3, -0.25) is 4.79 Å². The molecule has 0 spiro atoms. The van der Waals surface area contributed by atoms with Crippen molar-refractivity contribution in [1.82, 2.24) is 5.32 Å². The zero-order chi connectivity index (χ0) is 13.3. The average molecular weight is 326 g/mol. The highest BCUT2D eigenvalue weighted by atomic mass is 79.9. The standard InChI is InChI=1S/C11H20BrNO3S/c1-11(2,17(3,15)16)10(14)13-7-8-4-5-9(12)6-8/h8-9H,4-7H2,1-3H3,(H,13,14). The van der Waals surface area contributed by atoms with Gasteiger partial charge in [-0.15, -0.1) is 0 Å². The van der Waals surface area contributed by atoms with Crippen LogP contribution in [0.3, 0.4) is 0 Å². The molecule has 0 saturated heterocycles. The summed E-state index contributed by atoms with van der Waals surface area (Å²) in [5.41, 5.74) is 0. The van der Waals surface area contributed by atoms with E-state index in [1.54, 1.807) is 0 Å². The fraction of sp³-hybridized carbons (Fsp3) is 0.909. The first-order valence-corrected chi connectivity index (χ1v) is 8.57. The average Bonchev–Trinajstić information content (AvgIpc) is 2.58. The summed E-state index contributed by atoms with van der Waals surface area (Å²) in [7, 11) is -3.38. The van der Waals surface area contributed by atoms with E-state index in [0.717, 1.165) is 25.5 Å². The van der Waals surface area contributed by atoms with Crippen LogP contribution in [0.5, 0.6) is 0 Å². The minimum Gasteiger partial charge on any atom is -0.354 e. The number of halogens is 1. The lowest BCUT2D eigenvalue weighted by Crippen LogP contribution is -2.48. The summed E-state index contributed by atoms with van der Waals surface area (Å²) in [6, 6.07) is 0. The SMILES string of the molecule is CC(C)(C(=O)NCC1CCC(Br)C1)S(C)(=O)=O. The van der Waals surface area contributed by atoms with Gasteiger partial charge in [0.25, 0.3) is 0 Å². The van der Waals surface area contributed by atoms with Crippen molar-refractivity contribution in [2.45, 2.75) is 42.7 Å². The van der Waals surface area contributed by atoms with Crippen LogP contribution in [0.4, 0.5) is 0 Å². The number of rotatable bonds is 4. The van der Waals surface area contributed by atoms with Crippen molar-refractivity contribution in [3.63, 3.8) is 0 Å². The van der Waals surface area contributed by atoms with Gasteiger partial charge in [-0.05, 0) is 39.0 Å². The van der Waals surface area contributed by atoms with Crippen LogP contribution in [0, 0.1) is 5.92 Å². The molecule has 0 aromatic heterocycles. The van der Waals surface area contributed by atoms with E-state index in [1.165, 1.54) is 13.8 Å². The minimum atomic E-state index is -3.38. The summed E-state index contributed by atoms with van der Waals surface area (Å²) in [5.74, 6) is 0.0525. The molecule has 2 atom stereocenters. The minimum absolute atomic E-state index is 0.405. The smallest absolute Gasteiger partial charge is 0.240 e. The fourth-order valence-electron chi connectivity index (χ4n) is 1.82. The van der Waals surface area contributed by atoms with Crippen LogP contribution >= 0.6 is 15.9 Å². The van der Waals surface area contributed by atoms with Gasteiger partial charge in [-0.1, -0.05) is 15.9 Å². The molecule has 1 N–H and O–H groups in total. The first-order valence-electron chi connectivity index (χ1n) is 5.76. The Morgan fingerprint density at radius 3 is 2.41 bits per heavy atom. The van der Waals surface area contributed by atoms with Gasteiger partial charge in [0, 0.05) is 17.6 Å². The van der Waals surface area contributed by atoms with E-state index in [2.05, 4.69) is 21.2 Å². The first kappa shape index (κ1) is 15.0. The van der Waals surface area contributed by atoms with Gasteiger partial charge in [0.1, 0.15) is 4.75 Å². The number of alkyl halides is 1. The third-order valence-corrected chi connectivity index (χ3v) is 6.37. The second-order valence-corrected chi connectivity index (χ2v) is 9.13. The van der Waals surface area contributed by atoms with E-state index < -0.39 is 20.5 Å². The zero-order valence-corrected chi connectivity index (χ0v) is 12.9. The molecule has 1 aliphatic rings. The molecular weight excluding hydrogens is 306 g/mol. The lowest BCUT2D eigenvalue weighted by Gasteiger charge is -2.22. The van der Waals surface area contributed by atoms with Crippen molar-refractivity contribution in [1.29, 1.82) is 0 Å². The summed E-state index contributed by atoms with van der Waals surface area (Å²) in [5, 5.41) is 2.75. The van der Waals surface area contributed by atoms with Gasteiger partial charge < -0.3 is 5.32 Å². The Bertz CT molecular complexity index is 392. The lowest BCUT2D eigenvalue weighted by molar-refractivity contribution is -0.123. The maximum absolute atomic E-state index is 11.8. The second kappa shape index (κ2) is 5.26. The van der Waals surface area contributed by atoms with Crippen LogP contribution in [0.25, 0.3) is 0 Å². The molecule has 1 amide bonds. The van der Waals surface area contributed by atoms with E-state index in [0.29, 0.717) is 17.3 Å². The summed E-state index contributed by atoms with van der Waals surface area (Å²) >= 11 is 3.55. The predicted octanol–water partition coefficient (Wildman–Crippen LogP) is 1.49. The number of carbonyl (C=O) groups is 1. The maximum atomic E-state index is 11.8. The van der Waals surface area contributed by atoms with E-state index in [1.807, 2.05) is 0 Å². The van der Waals surface area contributed by atoms with Crippen LogP contribution in [-0.2, 0) is 14.6 Å². The molecule has 2 unspecified atom stereocenters. The topological polar surface area (TPSA) is 63.2 Å². The highest BCUT2D eigenvalue weighted by Gasteiger charge is 2.38. The molecular formula is C11H20BrNO3S. The van der Waals surface area contributed by atoms with Crippen molar-refractivity contribution in [3.05, 3.63) is 0 Å². The Kier molecular flexibility index (Phi) is 4.63. The monoisotopic (exact) mass is 325 g/mol. The Morgan fingerprint density at radius 1 is 1.41 bits per heavy atom. The molecule has 4 nitrogen and oxygen atoms in total. The summed E-state index contributed by atoms with van der Waals surface area (Å²) in [4.78, 5) is 12.4. The number of nitrogens with one attached hydrogen (secondary N) is 1. The highest BCUT2D eigenvalue weighted by Crippen LogP contribution is 2.30. The molecule has 0 aromatic carbocycles. The van der Waals surface area contributed by atoms with Crippen LogP contribution in [0.2, 0.25) is 0 Å². The molecule has 1 aliphatic carbocycles. The molecule has 100 valence electrons. The molecule has 0 heterocycles. The fourth-order valence-corrected chi connectivity index (χ4v) is 3.02. The molecule has 1 saturated carbocycles. The largest absolute Gasteiger partial charge is 0.354 e. The molecule has 0 aromatic rings. The van der Waals surface area contributed by atoms with E-state index in [4.69, 9.17) is 0 Å². The van der Waals surface area contributed by atoms with Crippen LogP contribution < -0.4 is 5.32 Å². The second-order valence-electron chi connectivity index (χ2n) is 5.27. The molecule has 0 radical (unpaired) electrons. The van der Waals surface area contributed by atoms with Gasteiger partial charge >= 0.3 is 0 Å². The number of hydrogen-bond acceptors (Lipinski definition) is 3. The Hall–Kier alpha value is -0.100. The van der Waals surface area contributed by atoms with Gasteiger partial charge in [-0.25, -0.2) is 8.42 Å². The van der Waals surface area contributed by atoms with Gasteiger partial charge in [-0.2, -0.15) is 0 Å². The maximum Gasteiger partial charge on any atom is 0.240 e. The Balaban J connectivity index is 2.50. The Morgan fingerprint density at radius 2 is 2.00 bits per heavy atom. The van der Waals surface area contributed by atoms with Gasteiger partial charge in [0.05, 0.1) is 0 Å². The van der Waals surface area contributed by atoms with Crippen LogP contribution in [0.15, 0.2) is 0 Å². The lowest BCUT2D eigenvalue weighted by atomic mass is 10.1. The third kappa shape index (κ3) is 3.68. The number of sulfone groups is 1. The predicted molar refractivity (Wildman–Crippen MR) is 72.0 cm³/mol. The van der Waals surface area contributed by atoms with Crippen molar-refractivity contribution in [3.8, 4) is 0 Å². The van der Waals surface area contributed by atoms with Gasteiger partial charge in [0.2, 0.25) is 5.91 Å². The first-order chi connectivity index (χ1) is 7.64. The number of amides is 1.